The number of alkyl carbamates (subject to hydrolysis) is 1. The molecule has 3 saturated carbocycles. The third kappa shape index (κ3) is 9.10. The minimum atomic E-state index is -2.44. The number of aliphatic hydroxyl groups is 2. The van der Waals surface area contributed by atoms with Gasteiger partial charge in [0.05, 0.1) is 29.6 Å². The summed E-state index contributed by atoms with van der Waals surface area (Å²) in [6, 6.07) is 23.0. The fraction of sp³-hybridized carbons (Fsp3) is 0.510. The zero-order valence-electron chi connectivity index (χ0n) is 39.3. The molecule has 3 unspecified atom stereocenters. The van der Waals surface area contributed by atoms with Crippen LogP contribution in [-0.4, -0.2) is 106 Å². The standard InChI is InChI=1S/C51H59NO16/c1-28-33(64-44(58)39(65-46(60)62-26-30-18-12-9-13-19-30)37(31-20-14-10-15-21-31)52-45(59)68-47(3,4)5)25-51(61)42(66-43(57)32-22-16-11-17-23-32)40-49(8,41(56)38(55)36(28)48(51,6)7)34(54)24-35-50(40,27-63-35)67-29(2)53/h9-23,28,33-37,39-40,42,54,61H,24-27H2,1-8H3,(H,52,59)/t28?,33-,34-,35+,36?,37-,39+,40?,42-,49+,50-,51+/m0/s1. The molecular formula is C51H59NO16. The van der Waals surface area contributed by atoms with Crippen molar-refractivity contribution in [3.8, 4) is 0 Å². The van der Waals surface area contributed by atoms with E-state index >= 15 is 14.4 Å². The van der Waals surface area contributed by atoms with Crippen molar-refractivity contribution in [1.82, 2.24) is 5.32 Å². The van der Waals surface area contributed by atoms with E-state index in [1.807, 2.05) is 0 Å². The summed E-state index contributed by atoms with van der Waals surface area (Å²) < 4.78 is 41.3. The lowest BCUT2D eigenvalue weighted by molar-refractivity contribution is -0.350. The van der Waals surface area contributed by atoms with Crippen LogP contribution < -0.4 is 5.32 Å². The molecule has 1 heterocycles. The maximum Gasteiger partial charge on any atom is 0.509 e. The van der Waals surface area contributed by atoms with E-state index in [1.165, 1.54) is 32.9 Å². The molecule has 1 saturated heterocycles. The van der Waals surface area contributed by atoms with Crippen LogP contribution in [0.1, 0.15) is 95.8 Å². The van der Waals surface area contributed by atoms with Crippen molar-refractivity contribution in [2.45, 2.75) is 128 Å². The van der Waals surface area contributed by atoms with Crippen molar-refractivity contribution in [2.24, 2.45) is 28.6 Å². The second kappa shape index (κ2) is 18.7. The number of rotatable bonds is 11. The van der Waals surface area contributed by atoms with Crippen LogP contribution in [0.25, 0.3) is 0 Å². The summed E-state index contributed by atoms with van der Waals surface area (Å²) in [6.07, 6.45) is -11.2. The number of ether oxygens (including phenoxy) is 7. The number of fused-ring (bicyclic) bond motifs is 5. The lowest BCUT2D eigenvalue weighted by Crippen LogP contribution is -2.82. The van der Waals surface area contributed by atoms with Gasteiger partial charge in [0.15, 0.2) is 5.60 Å². The Morgan fingerprint density at radius 3 is 2.06 bits per heavy atom. The molecule has 364 valence electrons. The van der Waals surface area contributed by atoms with E-state index in [9.17, 15) is 29.4 Å². The molecule has 4 aliphatic rings. The van der Waals surface area contributed by atoms with E-state index in [0.717, 1.165) is 6.92 Å². The predicted octanol–water partition coefficient (Wildman–Crippen LogP) is 5.76. The highest BCUT2D eigenvalue weighted by atomic mass is 16.7. The van der Waals surface area contributed by atoms with Gasteiger partial charge in [-0.05, 0) is 51.0 Å². The third-order valence-electron chi connectivity index (χ3n) is 14.3. The average Bonchev–Trinajstić information content (AvgIpc) is 3.28. The van der Waals surface area contributed by atoms with Gasteiger partial charge in [0, 0.05) is 37.0 Å². The van der Waals surface area contributed by atoms with Gasteiger partial charge in [-0.15, -0.1) is 0 Å². The molecule has 3 N–H and O–H groups in total. The van der Waals surface area contributed by atoms with E-state index in [2.05, 4.69) is 5.32 Å². The first-order valence-electron chi connectivity index (χ1n) is 22.6. The van der Waals surface area contributed by atoms with Crippen molar-refractivity contribution in [2.75, 3.05) is 6.61 Å². The molecule has 0 radical (unpaired) electrons. The Morgan fingerprint density at radius 2 is 1.49 bits per heavy atom. The van der Waals surface area contributed by atoms with Crippen molar-refractivity contribution < 1.29 is 76.9 Å². The summed E-state index contributed by atoms with van der Waals surface area (Å²) in [5.74, 6) is -9.31. The van der Waals surface area contributed by atoms with Gasteiger partial charge in [-0.25, -0.2) is 19.2 Å². The Kier molecular flexibility index (Phi) is 13.7. The normalized spacial score (nSPS) is 31.3. The molecule has 1 aliphatic heterocycles. The third-order valence-corrected chi connectivity index (χ3v) is 14.3. The van der Waals surface area contributed by atoms with Gasteiger partial charge >= 0.3 is 30.2 Å². The molecular weight excluding hydrogens is 883 g/mol. The smallest absolute Gasteiger partial charge is 0.459 e. The molecule has 12 atom stereocenters. The fourth-order valence-electron chi connectivity index (χ4n) is 10.8. The molecule has 17 heteroatoms. The molecule has 68 heavy (non-hydrogen) atoms. The molecule has 0 spiro atoms. The zero-order valence-corrected chi connectivity index (χ0v) is 39.3. The van der Waals surface area contributed by atoms with Gasteiger partial charge in [0.1, 0.15) is 42.2 Å². The quantitative estimate of drug-likeness (QED) is 0.118. The Labute approximate surface area is 394 Å². The second-order valence-electron chi connectivity index (χ2n) is 20.0. The summed E-state index contributed by atoms with van der Waals surface area (Å²) in [6.45, 7) is 11.4. The number of aliphatic hydroxyl groups excluding tert-OH is 1. The van der Waals surface area contributed by atoms with E-state index in [-0.39, 0.29) is 30.8 Å². The number of amides is 1. The van der Waals surface area contributed by atoms with Gasteiger partial charge < -0.3 is 48.7 Å². The number of carbonyl (C=O) groups is 7. The number of esters is 3. The number of hydrogen-bond acceptors (Lipinski definition) is 16. The van der Waals surface area contributed by atoms with Gasteiger partial charge in [0.2, 0.25) is 17.7 Å². The fourth-order valence-corrected chi connectivity index (χ4v) is 10.8. The molecule has 4 fully saturated rings. The van der Waals surface area contributed by atoms with Crippen LogP contribution in [-0.2, 0) is 58.9 Å². The lowest BCUT2D eigenvalue weighted by Gasteiger charge is -2.67. The molecule has 1 amide bonds. The van der Waals surface area contributed by atoms with Gasteiger partial charge in [-0.2, -0.15) is 0 Å². The van der Waals surface area contributed by atoms with Crippen molar-refractivity contribution in [3.63, 3.8) is 0 Å². The highest BCUT2D eigenvalue weighted by Crippen LogP contribution is 2.64. The summed E-state index contributed by atoms with van der Waals surface area (Å²) >= 11 is 0. The number of nitrogens with one attached hydrogen (secondary N) is 1. The van der Waals surface area contributed by atoms with Crippen molar-refractivity contribution in [3.05, 3.63) is 108 Å². The van der Waals surface area contributed by atoms with Crippen molar-refractivity contribution in [1.29, 1.82) is 0 Å². The van der Waals surface area contributed by atoms with Crippen LogP contribution in [0.3, 0.4) is 0 Å². The molecule has 3 aromatic rings. The Balaban J connectivity index is 1.34. The second-order valence-corrected chi connectivity index (χ2v) is 20.0. The predicted molar refractivity (Wildman–Crippen MR) is 238 cm³/mol. The highest BCUT2D eigenvalue weighted by Gasteiger charge is 2.79. The van der Waals surface area contributed by atoms with Gasteiger partial charge in [-0.3, -0.25) is 14.4 Å². The SMILES string of the molecule is CC(=O)O[C@@]12CO[C@@H]1C[C@H](O)[C@@]1(C)C(=O)C(=O)C3C(C)[C@@H](OC(=O)[C@H](OC(=O)OCc4ccccc4)[C@@H](NC(=O)OC(C)(C)C)c4ccccc4)C[C@@](O)([C@@H](OC(=O)c4ccccc4)C12)C3(C)C. The molecule has 7 rings (SSSR count). The number of hydrogen-bond donors (Lipinski definition) is 3. The Hall–Kier alpha value is -6.17. The average molecular weight is 942 g/mol. The molecule has 0 aromatic heterocycles. The lowest BCUT2D eigenvalue weighted by atomic mass is 9.42. The zero-order chi connectivity index (χ0) is 49.6. The number of carbonyl (C=O) groups excluding carboxylic acids is 7. The van der Waals surface area contributed by atoms with Crippen molar-refractivity contribution >= 4 is 41.7 Å². The minimum absolute atomic E-state index is 0.0478. The monoisotopic (exact) mass is 941 g/mol. The maximum atomic E-state index is 15.1. The first-order valence-corrected chi connectivity index (χ1v) is 22.6. The Bertz CT molecular complexity index is 2400. The van der Waals surface area contributed by atoms with E-state index in [0.29, 0.717) is 5.56 Å². The summed E-state index contributed by atoms with van der Waals surface area (Å²) in [4.78, 5) is 99.6. The molecule has 3 aliphatic carbocycles. The maximum absolute atomic E-state index is 15.1. The van der Waals surface area contributed by atoms with Crippen LogP contribution in [0, 0.1) is 28.6 Å². The number of Topliss-reactive ketones (excluding diaryl/α,β-unsaturated/α-hetero) is 2. The minimum Gasteiger partial charge on any atom is -0.459 e. The van der Waals surface area contributed by atoms with Crippen LogP contribution >= 0.6 is 0 Å². The van der Waals surface area contributed by atoms with Crippen LogP contribution in [0.15, 0.2) is 91.0 Å². The van der Waals surface area contributed by atoms with E-state index in [4.69, 9.17) is 33.2 Å². The van der Waals surface area contributed by atoms with Crippen LogP contribution in [0.2, 0.25) is 0 Å². The van der Waals surface area contributed by atoms with E-state index < -0.39 is 130 Å². The summed E-state index contributed by atoms with van der Waals surface area (Å²) in [5.41, 5.74) is -8.14. The summed E-state index contributed by atoms with van der Waals surface area (Å²) in [5, 5.41) is 28.3. The Morgan fingerprint density at radius 1 is 0.882 bits per heavy atom. The molecule has 2 bridgehead atoms. The first kappa shape index (κ1) is 49.7. The van der Waals surface area contributed by atoms with Crippen LogP contribution in [0.4, 0.5) is 9.59 Å². The largest absolute Gasteiger partial charge is 0.509 e. The van der Waals surface area contributed by atoms with Crippen LogP contribution in [0.5, 0.6) is 0 Å². The van der Waals surface area contributed by atoms with E-state index in [1.54, 1.807) is 107 Å². The summed E-state index contributed by atoms with van der Waals surface area (Å²) in [7, 11) is 0. The highest BCUT2D eigenvalue weighted by molar-refractivity contribution is 6.40. The number of ketones is 2. The topological polar surface area (TPSA) is 237 Å². The molecule has 17 nitrogen and oxygen atoms in total. The van der Waals surface area contributed by atoms with Gasteiger partial charge in [-0.1, -0.05) is 99.6 Å². The molecule has 3 aromatic carbocycles. The first-order chi connectivity index (χ1) is 31.9. The van der Waals surface area contributed by atoms with Gasteiger partial charge in [0.25, 0.3) is 0 Å². The number of benzene rings is 3.